The summed E-state index contributed by atoms with van der Waals surface area (Å²) in [5.74, 6) is 0.420. The van der Waals surface area contributed by atoms with E-state index in [1.807, 2.05) is 0 Å². The van der Waals surface area contributed by atoms with E-state index in [4.69, 9.17) is 4.74 Å². The second-order valence-corrected chi connectivity index (χ2v) is 4.54. The minimum absolute atomic E-state index is 0.0627. The maximum atomic E-state index is 10.7. The number of pyridine rings is 1. The number of thioether (sulfide) groups is 1. The predicted octanol–water partition coefficient (Wildman–Crippen LogP) is 2.25. The normalized spacial score (nSPS) is 15.0. The molecule has 0 N–H and O–H groups in total. The lowest BCUT2D eigenvalue weighted by Crippen LogP contribution is -1.96. The van der Waals surface area contributed by atoms with Crippen LogP contribution in [0.4, 0.5) is 5.69 Å². The summed E-state index contributed by atoms with van der Waals surface area (Å²) in [4.78, 5) is 14.4. The van der Waals surface area contributed by atoms with Crippen molar-refractivity contribution in [3.63, 3.8) is 0 Å². The van der Waals surface area contributed by atoms with Crippen molar-refractivity contribution in [3.05, 3.63) is 22.2 Å². The smallest absolute Gasteiger partial charge is 0.301 e. The minimum atomic E-state index is -0.406. The molecule has 0 bridgehead atoms. The van der Waals surface area contributed by atoms with Gasteiger partial charge in [0.15, 0.2) is 5.03 Å². The van der Waals surface area contributed by atoms with Gasteiger partial charge >= 0.3 is 5.69 Å². The van der Waals surface area contributed by atoms with Crippen molar-refractivity contribution in [2.45, 2.75) is 23.1 Å². The maximum Gasteiger partial charge on any atom is 0.301 e. The minimum Gasteiger partial charge on any atom is -0.481 e. The zero-order valence-electron chi connectivity index (χ0n) is 8.17. The van der Waals surface area contributed by atoms with Crippen molar-refractivity contribution in [3.8, 4) is 5.88 Å². The van der Waals surface area contributed by atoms with Crippen LogP contribution in [0.2, 0.25) is 0 Å². The molecular formula is C9H10N2O3S. The largest absolute Gasteiger partial charge is 0.481 e. The van der Waals surface area contributed by atoms with Crippen molar-refractivity contribution in [1.82, 2.24) is 4.98 Å². The monoisotopic (exact) mass is 226 g/mol. The van der Waals surface area contributed by atoms with E-state index >= 15 is 0 Å². The third kappa shape index (κ3) is 2.38. The number of hydrogen-bond donors (Lipinski definition) is 0. The molecule has 0 aromatic carbocycles. The average molecular weight is 226 g/mol. The van der Waals surface area contributed by atoms with Crippen molar-refractivity contribution in [2.75, 3.05) is 7.11 Å². The van der Waals surface area contributed by atoms with E-state index in [0.717, 1.165) is 12.8 Å². The Labute approximate surface area is 91.0 Å². The first-order valence-corrected chi connectivity index (χ1v) is 5.45. The number of rotatable bonds is 4. The van der Waals surface area contributed by atoms with Gasteiger partial charge in [-0.3, -0.25) is 10.1 Å². The van der Waals surface area contributed by atoms with Gasteiger partial charge in [0.2, 0.25) is 5.88 Å². The molecule has 1 saturated carbocycles. The van der Waals surface area contributed by atoms with Crippen LogP contribution >= 0.6 is 11.8 Å². The highest BCUT2D eigenvalue weighted by molar-refractivity contribution is 8.00. The van der Waals surface area contributed by atoms with Crippen LogP contribution in [0.15, 0.2) is 17.2 Å². The van der Waals surface area contributed by atoms with Gasteiger partial charge in [0.1, 0.15) is 0 Å². The topological polar surface area (TPSA) is 65.3 Å². The van der Waals surface area contributed by atoms with Crippen LogP contribution in [0.25, 0.3) is 0 Å². The van der Waals surface area contributed by atoms with Gasteiger partial charge in [-0.1, -0.05) is 11.8 Å². The predicted molar refractivity (Wildman–Crippen MR) is 56.3 cm³/mol. The van der Waals surface area contributed by atoms with E-state index in [1.165, 1.54) is 31.0 Å². The van der Waals surface area contributed by atoms with Gasteiger partial charge in [0.05, 0.1) is 12.0 Å². The number of nitrogens with zero attached hydrogens (tertiary/aromatic N) is 2. The van der Waals surface area contributed by atoms with E-state index in [2.05, 4.69) is 4.98 Å². The Bertz CT molecular complexity index is 393. The third-order valence-electron chi connectivity index (χ3n) is 2.02. The van der Waals surface area contributed by atoms with Crippen molar-refractivity contribution < 1.29 is 9.66 Å². The highest BCUT2D eigenvalue weighted by atomic mass is 32.2. The molecule has 6 heteroatoms. The van der Waals surface area contributed by atoms with Crippen LogP contribution in [0.3, 0.4) is 0 Å². The number of methoxy groups -OCH3 is 1. The lowest BCUT2D eigenvalue weighted by atomic mass is 10.4. The molecule has 2 rings (SSSR count). The molecule has 80 valence electrons. The third-order valence-corrected chi connectivity index (χ3v) is 3.35. The van der Waals surface area contributed by atoms with Crippen LogP contribution in [0.1, 0.15) is 12.8 Å². The van der Waals surface area contributed by atoms with Gasteiger partial charge in [-0.15, -0.1) is 0 Å². The Morgan fingerprint density at radius 3 is 2.87 bits per heavy atom. The molecule has 0 saturated heterocycles. The fourth-order valence-electron chi connectivity index (χ4n) is 1.10. The van der Waals surface area contributed by atoms with Gasteiger partial charge in [-0.05, 0) is 12.8 Å². The molecule has 5 nitrogen and oxygen atoms in total. The molecule has 0 amide bonds. The van der Waals surface area contributed by atoms with Crippen LogP contribution in [-0.4, -0.2) is 22.3 Å². The average Bonchev–Trinajstić information content (AvgIpc) is 3.01. The summed E-state index contributed by atoms with van der Waals surface area (Å²) in [6, 6.07) is 2.95. The van der Waals surface area contributed by atoms with Gasteiger partial charge in [-0.25, -0.2) is 0 Å². The molecule has 0 radical (unpaired) electrons. The zero-order valence-corrected chi connectivity index (χ0v) is 8.99. The Hall–Kier alpha value is -1.30. The molecule has 1 aliphatic rings. The van der Waals surface area contributed by atoms with Gasteiger partial charge in [0, 0.05) is 17.4 Å². The summed E-state index contributed by atoms with van der Waals surface area (Å²) in [5, 5.41) is 11.7. The molecule has 0 spiro atoms. The molecular weight excluding hydrogens is 216 g/mol. The van der Waals surface area contributed by atoms with Gasteiger partial charge < -0.3 is 4.74 Å². The lowest BCUT2D eigenvalue weighted by Gasteiger charge is -2.03. The van der Waals surface area contributed by atoms with Crippen LogP contribution in [-0.2, 0) is 0 Å². The summed E-state index contributed by atoms with van der Waals surface area (Å²) in [6.45, 7) is 0. The zero-order chi connectivity index (χ0) is 10.8. The first-order chi connectivity index (χ1) is 7.20. The van der Waals surface area contributed by atoms with Crippen LogP contribution in [0.5, 0.6) is 5.88 Å². The second-order valence-electron chi connectivity index (χ2n) is 3.25. The number of ether oxygens (including phenoxy) is 1. The Kier molecular flexibility index (Phi) is 2.77. The summed E-state index contributed by atoms with van der Waals surface area (Å²) >= 11 is 1.46. The Balaban J connectivity index is 2.30. The molecule has 1 aliphatic carbocycles. The molecule has 0 aliphatic heterocycles. The SMILES string of the molecule is COc1ccc([N+](=O)[O-])c(SC2CC2)n1. The summed E-state index contributed by atoms with van der Waals surface area (Å²) in [5.41, 5.74) is 0.0627. The quantitative estimate of drug-likeness (QED) is 0.582. The molecule has 1 aromatic heterocycles. The molecule has 15 heavy (non-hydrogen) atoms. The Morgan fingerprint density at radius 1 is 1.60 bits per heavy atom. The van der Waals surface area contributed by atoms with Gasteiger partial charge in [0.25, 0.3) is 0 Å². The van der Waals surface area contributed by atoms with Crippen LogP contribution in [0, 0.1) is 10.1 Å². The second kappa shape index (κ2) is 4.06. The summed E-state index contributed by atoms with van der Waals surface area (Å²) in [7, 11) is 1.50. The highest BCUT2D eigenvalue weighted by Crippen LogP contribution is 2.42. The van der Waals surface area contributed by atoms with E-state index < -0.39 is 4.92 Å². The Morgan fingerprint density at radius 2 is 2.33 bits per heavy atom. The first kappa shape index (κ1) is 10.2. The molecule has 1 heterocycles. The first-order valence-electron chi connectivity index (χ1n) is 4.57. The van der Waals surface area contributed by atoms with Crippen molar-refractivity contribution in [2.24, 2.45) is 0 Å². The maximum absolute atomic E-state index is 10.7. The fraction of sp³-hybridized carbons (Fsp3) is 0.444. The van der Waals surface area contributed by atoms with E-state index in [0.29, 0.717) is 16.2 Å². The van der Waals surface area contributed by atoms with Gasteiger partial charge in [-0.2, -0.15) is 4.98 Å². The molecule has 0 atom stereocenters. The summed E-state index contributed by atoms with van der Waals surface area (Å²) in [6.07, 6.45) is 2.22. The van der Waals surface area contributed by atoms with Crippen molar-refractivity contribution in [1.29, 1.82) is 0 Å². The van der Waals surface area contributed by atoms with E-state index in [9.17, 15) is 10.1 Å². The summed E-state index contributed by atoms with van der Waals surface area (Å²) < 4.78 is 4.94. The molecule has 1 fully saturated rings. The highest BCUT2D eigenvalue weighted by Gasteiger charge is 2.27. The van der Waals surface area contributed by atoms with E-state index in [-0.39, 0.29) is 5.69 Å². The van der Waals surface area contributed by atoms with E-state index in [1.54, 1.807) is 0 Å². The number of nitro groups is 1. The standard InChI is InChI=1S/C9H10N2O3S/c1-14-8-5-4-7(11(12)13)9(10-8)15-6-2-3-6/h4-6H,2-3H2,1H3. The number of hydrogen-bond acceptors (Lipinski definition) is 5. The number of aromatic nitrogens is 1. The van der Waals surface area contributed by atoms with Crippen LogP contribution < -0.4 is 4.74 Å². The molecule has 0 unspecified atom stereocenters. The van der Waals surface area contributed by atoms with Crippen molar-refractivity contribution >= 4 is 17.4 Å². The fourth-order valence-corrected chi connectivity index (χ4v) is 2.19. The molecule has 1 aromatic rings. The lowest BCUT2D eigenvalue weighted by molar-refractivity contribution is -0.388.